The summed E-state index contributed by atoms with van der Waals surface area (Å²) >= 11 is 6.04. The smallest absolute Gasteiger partial charge is 0.255 e. The van der Waals surface area contributed by atoms with Crippen molar-refractivity contribution >= 4 is 33.7 Å². The quantitative estimate of drug-likeness (QED) is 0.386. The summed E-state index contributed by atoms with van der Waals surface area (Å²) in [5.41, 5.74) is 4.27. The van der Waals surface area contributed by atoms with E-state index in [1.807, 2.05) is 6.92 Å². The number of hydrogen-bond acceptors (Lipinski definition) is 5. The summed E-state index contributed by atoms with van der Waals surface area (Å²) in [6.07, 6.45) is 1.28. The molecule has 3 rings (SSSR count). The Labute approximate surface area is 192 Å². The van der Waals surface area contributed by atoms with Gasteiger partial charge < -0.3 is 5.11 Å². The van der Waals surface area contributed by atoms with E-state index in [1.54, 1.807) is 54.6 Å². The van der Waals surface area contributed by atoms with Gasteiger partial charge in [0.15, 0.2) is 0 Å². The fraction of sp³-hybridized carbons (Fsp3) is 0.130. The Kier molecular flexibility index (Phi) is 7.63. The lowest BCUT2D eigenvalue weighted by atomic mass is 10.2. The largest absolute Gasteiger partial charge is 0.507 e. The molecule has 0 radical (unpaired) electrons. The monoisotopic (exact) mass is 471 g/mol. The Balaban J connectivity index is 1.81. The summed E-state index contributed by atoms with van der Waals surface area (Å²) in [5.74, 6) is -0.621. The van der Waals surface area contributed by atoms with Crippen LogP contribution < -0.4 is 5.43 Å². The molecule has 0 saturated heterocycles. The van der Waals surface area contributed by atoms with E-state index in [0.29, 0.717) is 16.1 Å². The van der Waals surface area contributed by atoms with Crippen molar-refractivity contribution in [2.45, 2.75) is 18.4 Å². The van der Waals surface area contributed by atoms with Crippen molar-refractivity contribution in [3.05, 3.63) is 94.5 Å². The summed E-state index contributed by atoms with van der Waals surface area (Å²) in [6, 6.07) is 19.7. The molecule has 0 fully saturated rings. The molecule has 0 aromatic heterocycles. The maximum absolute atomic E-state index is 13.2. The highest BCUT2D eigenvalue weighted by Gasteiger charge is 2.27. The van der Waals surface area contributed by atoms with Crippen molar-refractivity contribution in [1.29, 1.82) is 0 Å². The zero-order valence-electron chi connectivity index (χ0n) is 17.3. The van der Waals surface area contributed by atoms with Gasteiger partial charge >= 0.3 is 0 Å². The second-order valence-corrected chi connectivity index (χ2v) is 9.44. The molecule has 0 bridgehead atoms. The van der Waals surface area contributed by atoms with Crippen LogP contribution in [-0.2, 0) is 21.4 Å². The molecule has 0 aliphatic heterocycles. The number of phenols is 1. The van der Waals surface area contributed by atoms with Gasteiger partial charge in [-0.15, -0.1) is 0 Å². The number of hydrazone groups is 1. The first kappa shape index (κ1) is 23.5. The Hall–Kier alpha value is -3.20. The zero-order valence-corrected chi connectivity index (χ0v) is 18.8. The van der Waals surface area contributed by atoms with Gasteiger partial charge in [0.1, 0.15) is 5.75 Å². The standard InChI is InChI=1S/C23H22ClN3O4S/c1-17-9-11-21(12-10-17)32(30,31)27(15-18-5-4-7-20(24)13-18)16-23(29)26-25-14-19-6-2-3-8-22(19)28/h2-14,28H,15-16H2,1H3,(H,26,29)/b25-14-. The van der Waals surface area contributed by atoms with E-state index in [4.69, 9.17) is 11.6 Å². The van der Waals surface area contributed by atoms with Crippen LogP contribution >= 0.6 is 11.6 Å². The predicted octanol–water partition coefficient (Wildman–Crippen LogP) is 3.70. The Bertz CT molecular complexity index is 1230. The number of benzene rings is 3. The second kappa shape index (κ2) is 10.4. The molecule has 3 aromatic carbocycles. The number of aryl methyl sites for hydroxylation is 1. The molecule has 0 spiro atoms. The van der Waals surface area contributed by atoms with Crippen LogP contribution in [0.5, 0.6) is 5.75 Å². The highest BCUT2D eigenvalue weighted by molar-refractivity contribution is 7.89. The maximum Gasteiger partial charge on any atom is 0.255 e. The topological polar surface area (TPSA) is 99.1 Å². The van der Waals surface area contributed by atoms with Crippen LogP contribution in [0.3, 0.4) is 0 Å². The average molecular weight is 472 g/mol. The third-order valence-electron chi connectivity index (χ3n) is 4.56. The number of nitrogens with zero attached hydrogens (tertiary/aromatic N) is 2. The van der Waals surface area contributed by atoms with Gasteiger partial charge in [-0.1, -0.05) is 53.6 Å². The first-order valence-electron chi connectivity index (χ1n) is 9.67. The van der Waals surface area contributed by atoms with Gasteiger partial charge in [-0.05, 0) is 48.9 Å². The lowest BCUT2D eigenvalue weighted by molar-refractivity contribution is -0.121. The second-order valence-electron chi connectivity index (χ2n) is 7.07. The number of amides is 1. The van der Waals surface area contributed by atoms with Crippen molar-refractivity contribution < 1.29 is 18.3 Å². The molecule has 1 amide bonds. The number of halogens is 1. The molecule has 166 valence electrons. The third kappa shape index (κ3) is 6.16. The summed E-state index contributed by atoms with van der Waals surface area (Å²) in [5, 5.41) is 14.0. The minimum atomic E-state index is -3.97. The van der Waals surface area contributed by atoms with E-state index >= 15 is 0 Å². The molecule has 0 aliphatic rings. The van der Waals surface area contributed by atoms with Crippen LogP contribution in [0.25, 0.3) is 0 Å². The van der Waals surface area contributed by atoms with E-state index in [-0.39, 0.29) is 17.2 Å². The average Bonchev–Trinajstić information content (AvgIpc) is 2.75. The third-order valence-corrected chi connectivity index (χ3v) is 6.60. The van der Waals surface area contributed by atoms with Crippen molar-refractivity contribution in [2.75, 3.05) is 6.54 Å². The van der Waals surface area contributed by atoms with E-state index < -0.39 is 22.5 Å². The molecule has 3 aromatic rings. The van der Waals surface area contributed by atoms with E-state index in [1.165, 1.54) is 24.4 Å². The van der Waals surface area contributed by atoms with Crippen molar-refractivity contribution in [3.8, 4) is 5.75 Å². The molecule has 0 heterocycles. The van der Waals surface area contributed by atoms with Gasteiger partial charge in [-0.25, -0.2) is 13.8 Å². The summed E-state index contributed by atoms with van der Waals surface area (Å²) in [6.45, 7) is 1.35. The molecule has 0 atom stereocenters. The zero-order chi connectivity index (χ0) is 23.1. The Morgan fingerprint density at radius 3 is 2.50 bits per heavy atom. The van der Waals surface area contributed by atoms with Gasteiger partial charge in [-0.2, -0.15) is 9.41 Å². The number of carbonyl (C=O) groups is 1. The molecule has 0 aliphatic carbocycles. The summed E-state index contributed by atoms with van der Waals surface area (Å²) in [7, 11) is -3.97. The van der Waals surface area contributed by atoms with Gasteiger partial charge in [-0.3, -0.25) is 4.79 Å². The van der Waals surface area contributed by atoms with E-state index in [0.717, 1.165) is 9.87 Å². The number of rotatable bonds is 8. The van der Waals surface area contributed by atoms with Crippen LogP contribution in [0.4, 0.5) is 0 Å². The number of carbonyl (C=O) groups excluding carboxylic acids is 1. The van der Waals surface area contributed by atoms with E-state index in [2.05, 4.69) is 10.5 Å². The SMILES string of the molecule is Cc1ccc(S(=O)(=O)N(CC(=O)N/N=C\c2ccccc2O)Cc2cccc(Cl)c2)cc1. The summed E-state index contributed by atoms with van der Waals surface area (Å²) < 4.78 is 27.6. The minimum Gasteiger partial charge on any atom is -0.507 e. The molecule has 7 nitrogen and oxygen atoms in total. The van der Waals surface area contributed by atoms with Crippen LogP contribution in [-0.4, -0.2) is 36.5 Å². The molecular formula is C23H22ClN3O4S. The lowest BCUT2D eigenvalue weighted by Crippen LogP contribution is -2.39. The minimum absolute atomic E-state index is 0.00929. The fourth-order valence-corrected chi connectivity index (χ4v) is 4.49. The highest BCUT2D eigenvalue weighted by atomic mass is 35.5. The van der Waals surface area contributed by atoms with E-state index in [9.17, 15) is 18.3 Å². The molecule has 2 N–H and O–H groups in total. The normalized spacial score (nSPS) is 11.7. The molecule has 0 unspecified atom stereocenters. The molecule has 0 saturated carbocycles. The van der Waals surface area contributed by atoms with Crippen molar-refractivity contribution in [3.63, 3.8) is 0 Å². The van der Waals surface area contributed by atoms with Crippen molar-refractivity contribution in [1.82, 2.24) is 9.73 Å². The molecule has 32 heavy (non-hydrogen) atoms. The van der Waals surface area contributed by atoms with Gasteiger partial charge in [0.05, 0.1) is 17.7 Å². The van der Waals surface area contributed by atoms with Gasteiger partial charge in [0, 0.05) is 17.1 Å². The molecular weight excluding hydrogens is 450 g/mol. The van der Waals surface area contributed by atoms with Crippen molar-refractivity contribution in [2.24, 2.45) is 5.10 Å². The van der Waals surface area contributed by atoms with Gasteiger partial charge in [0.25, 0.3) is 5.91 Å². The summed E-state index contributed by atoms with van der Waals surface area (Å²) in [4.78, 5) is 12.6. The van der Waals surface area contributed by atoms with Crippen LogP contribution in [0, 0.1) is 6.92 Å². The number of para-hydroxylation sites is 1. The Morgan fingerprint density at radius 2 is 1.81 bits per heavy atom. The maximum atomic E-state index is 13.2. The molecule has 9 heteroatoms. The Morgan fingerprint density at radius 1 is 1.09 bits per heavy atom. The van der Waals surface area contributed by atoms with Gasteiger partial charge in [0.2, 0.25) is 10.0 Å². The van der Waals surface area contributed by atoms with Crippen LogP contribution in [0.15, 0.2) is 82.8 Å². The number of nitrogens with one attached hydrogen (secondary N) is 1. The number of aromatic hydroxyl groups is 1. The first-order chi connectivity index (χ1) is 15.3. The van der Waals surface area contributed by atoms with Crippen LogP contribution in [0.2, 0.25) is 5.02 Å². The fourth-order valence-electron chi connectivity index (χ4n) is 2.89. The number of sulfonamides is 1. The number of phenolic OH excluding ortho intramolecular Hbond substituents is 1. The predicted molar refractivity (Wildman–Crippen MR) is 124 cm³/mol. The first-order valence-corrected chi connectivity index (χ1v) is 11.5. The van der Waals surface area contributed by atoms with Crippen LogP contribution in [0.1, 0.15) is 16.7 Å². The number of hydrogen-bond donors (Lipinski definition) is 2. The lowest BCUT2D eigenvalue weighted by Gasteiger charge is -2.21. The highest BCUT2D eigenvalue weighted by Crippen LogP contribution is 2.20.